The first kappa shape index (κ1) is 18.9. The number of nitrogens with zero attached hydrogens (tertiary/aromatic N) is 2. The average Bonchev–Trinajstić information content (AvgIpc) is 2.27. The minimum atomic E-state index is -0.0125. The minimum absolute atomic E-state index is 0. The summed E-state index contributed by atoms with van der Waals surface area (Å²) in [6, 6.07) is 0. The zero-order chi connectivity index (χ0) is 13.4. The van der Waals surface area contributed by atoms with Crippen LogP contribution in [0, 0.1) is 0 Å². The van der Waals surface area contributed by atoms with Crippen molar-refractivity contribution in [3.63, 3.8) is 0 Å². The van der Waals surface area contributed by atoms with Crippen LogP contribution in [-0.2, 0) is 4.74 Å². The molecule has 3 N–H and O–H groups in total. The molecule has 5 nitrogen and oxygen atoms in total. The predicted molar refractivity (Wildman–Crippen MR) is 91.3 cm³/mol. The number of nitrogens with one attached hydrogen (secondary N) is 1. The van der Waals surface area contributed by atoms with E-state index in [2.05, 4.69) is 36.0 Å². The minimum Gasteiger partial charge on any atom is -0.379 e. The van der Waals surface area contributed by atoms with Crippen LogP contribution in [0.2, 0.25) is 0 Å². The Labute approximate surface area is 134 Å². The van der Waals surface area contributed by atoms with E-state index < -0.39 is 0 Å². The fourth-order valence-corrected chi connectivity index (χ4v) is 1.90. The Morgan fingerprint density at radius 1 is 1.26 bits per heavy atom. The van der Waals surface area contributed by atoms with Crippen LogP contribution in [0.15, 0.2) is 4.99 Å². The molecule has 0 aromatic heterocycles. The molecule has 1 fully saturated rings. The Balaban J connectivity index is 0.00000324. The third-order valence-corrected chi connectivity index (χ3v) is 2.77. The molecule has 1 saturated heterocycles. The Hall–Kier alpha value is -0.0800. The molecular weight excluding hydrogens is 355 g/mol. The molecule has 0 amide bonds. The van der Waals surface area contributed by atoms with E-state index >= 15 is 0 Å². The lowest BCUT2D eigenvalue weighted by Gasteiger charge is -2.26. The van der Waals surface area contributed by atoms with Gasteiger partial charge >= 0.3 is 0 Å². The molecule has 0 unspecified atom stereocenters. The van der Waals surface area contributed by atoms with Gasteiger partial charge in [-0.05, 0) is 40.2 Å². The number of nitrogens with two attached hydrogens (primary N) is 1. The number of hydrogen-bond donors (Lipinski definition) is 2. The van der Waals surface area contributed by atoms with Crippen LogP contribution in [0.1, 0.15) is 33.6 Å². The van der Waals surface area contributed by atoms with E-state index in [1.54, 1.807) is 0 Å². The molecule has 0 radical (unpaired) electrons. The first-order valence-corrected chi connectivity index (χ1v) is 6.85. The number of unbranched alkanes of at least 4 members (excludes halogenated alkanes) is 1. The number of guanidine groups is 1. The van der Waals surface area contributed by atoms with Crippen molar-refractivity contribution in [2.45, 2.75) is 39.2 Å². The van der Waals surface area contributed by atoms with Crippen LogP contribution in [0.5, 0.6) is 0 Å². The van der Waals surface area contributed by atoms with Crippen molar-refractivity contribution in [3.05, 3.63) is 0 Å². The zero-order valence-electron chi connectivity index (χ0n) is 12.4. The van der Waals surface area contributed by atoms with Crippen LogP contribution in [0.3, 0.4) is 0 Å². The maximum atomic E-state index is 5.80. The summed E-state index contributed by atoms with van der Waals surface area (Å²) in [4.78, 5) is 6.78. The highest BCUT2D eigenvalue weighted by Gasteiger charge is 2.10. The van der Waals surface area contributed by atoms with Crippen molar-refractivity contribution in [1.82, 2.24) is 10.2 Å². The zero-order valence-corrected chi connectivity index (χ0v) is 14.8. The molecule has 0 spiro atoms. The maximum absolute atomic E-state index is 5.80. The summed E-state index contributed by atoms with van der Waals surface area (Å²) < 4.78 is 5.32. The Kier molecular flexibility index (Phi) is 9.72. The molecule has 6 heteroatoms. The van der Waals surface area contributed by atoms with Gasteiger partial charge in [0.25, 0.3) is 0 Å². The van der Waals surface area contributed by atoms with Crippen molar-refractivity contribution in [3.8, 4) is 0 Å². The molecule has 0 aromatic rings. The molecule has 0 bridgehead atoms. The van der Waals surface area contributed by atoms with Gasteiger partial charge in [0.05, 0.1) is 13.2 Å². The fraction of sp³-hybridized carbons (Fsp3) is 0.923. The second-order valence-corrected chi connectivity index (χ2v) is 5.80. The van der Waals surface area contributed by atoms with Crippen LogP contribution in [0.25, 0.3) is 0 Å². The summed E-state index contributed by atoms with van der Waals surface area (Å²) >= 11 is 0. The third-order valence-electron chi connectivity index (χ3n) is 2.77. The monoisotopic (exact) mass is 384 g/mol. The summed E-state index contributed by atoms with van der Waals surface area (Å²) in [7, 11) is 0. The van der Waals surface area contributed by atoms with E-state index in [1.165, 1.54) is 6.42 Å². The van der Waals surface area contributed by atoms with Crippen LogP contribution in [0.4, 0.5) is 0 Å². The molecule has 0 atom stereocenters. The van der Waals surface area contributed by atoms with Crippen molar-refractivity contribution in [2.24, 2.45) is 10.7 Å². The molecule has 0 aliphatic carbocycles. The van der Waals surface area contributed by atoms with Gasteiger partial charge in [0.15, 0.2) is 5.96 Å². The summed E-state index contributed by atoms with van der Waals surface area (Å²) in [5.74, 6) is 0.550. The lowest BCUT2D eigenvalue weighted by atomic mass is 10.1. The Bertz CT molecular complexity index is 260. The number of aliphatic imine (C=N–C) groups is 1. The molecule has 19 heavy (non-hydrogen) atoms. The lowest BCUT2D eigenvalue weighted by Crippen LogP contribution is -2.45. The molecule has 0 saturated carbocycles. The summed E-state index contributed by atoms with van der Waals surface area (Å²) in [6.07, 6.45) is 2.26. The second-order valence-electron chi connectivity index (χ2n) is 5.80. The van der Waals surface area contributed by atoms with Gasteiger partial charge < -0.3 is 15.8 Å². The first-order chi connectivity index (χ1) is 8.47. The number of ether oxygens (including phenoxy) is 1. The summed E-state index contributed by atoms with van der Waals surface area (Å²) in [6.45, 7) is 12.1. The topological polar surface area (TPSA) is 62.9 Å². The highest BCUT2D eigenvalue weighted by atomic mass is 127. The van der Waals surface area contributed by atoms with Gasteiger partial charge in [0.1, 0.15) is 0 Å². The van der Waals surface area contributed by atoms with E-state index in [4.69, 9.17) is 10.5 Å². The molecule has 114 valence electrons. The van der Waals surface area contributed by atoms with Gasteiger partial charge in [0.2, 0.25) is 0 Å². The summed E-state index contributed by atoms with van der Waals surface area (Å²) in [5.41, 5.74) is 5.78. The largest absolute Gasteiger partial charge is 0.379 e. The van der Waals surface area contributed by atoms with Gasteiger partial charge in [-0.25, -0.2) is 0 Å². The molecule has 1 aliphatic rings. The van der Waals surface area contributed by atoms with Crippen LogP contribution >= 0.6 is 24.0 Å². The summed E-state index contributed by atoms with van der Waals surface area (Å²) in [5, 5.41) is 3.16. The van der Waals surface area contributed by atoms with Crippen molar-refractivity contribution >= 4 is 29.9 Å². The van der Waals surface area contributed by atoms with E-state index in [9.17, 15) is 0 Å². The van der Waals surface area contributed by atoms with Crippen LogP contribution in [-0.4, -0.2) is 55.8 Å². The smallest absolute Gasteiger partial charge is 0.188 e. The molecule has 1 aliphatic heterocycles. The third kappa shape index (κ3) is 10.4. The van der Waals surface area contributed by atoms with E-state index in [-0.39, 0.29) is 29.5 Å². The fourth-order valence-electron chi connectivity index (χ4n) is 1.90. The van der Waals surface area contributed by atoms with Crippen LogP contribution < -0.4 is 11.1 Å². The number of morpholine rings is 1. The number of rotatable bonds is 5. The first-order valence-electron chi connectivity index (χ1n) is 6.85. The molecule has 1 heterocycles. The van der Waals surface area contributed by atoms with Gasteiger partial charge in [-0.15, -0.1) is 24.0 Å². The quantitative estimate of drug-likeness (QED) is 0.326. The average molecular weight is 384 g/mol. The molecule has 1 rings (SSSR count). The van der Waals surface area contributed by atoms with Crippen molar-refractivity contribution in [1.29, 1.82) is 0 Å². The van der Waals surface area contributed by atoms with Gasteiger partial charge in [0, 0.05) is 25.2 Å². The number of hydrogen-bond acceptors (Lipinski definition) is 3. The normalized spacial score (nSPS) is 17.9. The second kappa shape index (κ2) is 9.77. The predicted octanol–water partition coefficient (Wildman–Crippen LogP) is 1.42. The molecule has 0 aromatic carbocycles. The van der Waals surface area contributed by atoms with Crippen molar-refractivity contribution in [2.75, 3.05) is 39.4 Å². The van der Waals surface area contributed by atoms with Gasteiger partial charge in [-0.2, -0.15) is 0 Å². The highest BCUT2D eigenvalue weighted by molar-refractivity contribution is 14.0. The van der Waals surface area contributed by atoms with E-state index in [0.29, 0.717) is 5.96 Å². The van der Waals surface area contributed by atoms with E-state index in [1.807, 2.05) is 0 Å². The van der Waals surface area contributed by atoms with Gasteiger partial charge in [-0.3, -0.25) is 9.89 Å². The SMILES string of the molecule is CC(C)(C)NC(N)=NCCCCN1CCOCC1.I. The van der Waals surface area contributed by atoms with Crippen molar-refractivity contribution < 1.29 is 4.74 Å². The number of halogens is 1. The highest BCUT2D eigenvalue weighted by Crippen LogP contribution is 2.01. The maximum Gasteiger partial charge on any atom is 0.188 e. The Morgan fingerprint density at radius 3 is 2.47 bits per heavy atom. The standard InChI is InChI=1S/C13H28N4O.HI/c1-13(2,3)16-12(14)15-6-4-5-7-17-8-10-18-11-9-17;/h4-11H2,1-3H3,(H3,14,15,16);1H. The molecular formula is C13H29IN4O. The van der Waals surface area contributed by atoms with Gasteiger partial charge in [-0.1, -0.05) is 0 Å². The van der Waals surface area contributed by atoms with E-state index in [0.717, 1.165) is 45.8 Å². The lowest BCUT2D eigenvalue weighted by molar-refractivity contribution is 0.0373. The Morgan fingerprint density at radius 2 is 1.89 bits per heavy atom.